The summed E-state index contributed by atoms with van der Waals surface area (Å²) < 4.78 is 25.7. The van der Waals surface area contributed by atoms with Crippen molar-refractivity contribution in [2.45, 2.75) is 52.0 Å². The van der Waals surface area contributed by atoms with Crippen molar-refractivity contribution in [1.29, 1.82) is 0 Å². The van der Waals surface area contributed by atoms with E-state index in [1.54, 1.807) is 0 Å². The van der Waals surface area contributed by atoms with E-state index < -0.39 is 30.0 Å². The first-order valence-corrected chi connectivity index (χ1v) is 16.1. The minimum absolute atomic E-state index is 0.266. The smallest absolute Gasteiger partial charge is 0.338 e. The zero-order valence-electron chi connectivity index (χ0n) is 15.0. The minimum Gasteiger partial charge on any atom is -0.350 e. The quantitative estimate of drug-likeness (QED) is 0.555. The van der Waals surface area contributed by atoms with Crippen LogP contribution < -0.4 is 5.32 Å². The van der Waals surface area contributed by atoms with Crippen LogP contribution in [0.5, 0.6) is 0 Å². The molecular formula is C15H28NO4PSi2. The Morgan fingerprint density at radius 2 is 1.43 bits per heavy atom. The van der Waals surface area contributed by atoms with Gasteiger partial charge in [-0.3, -0.25) is 9.36 Å². The Bertz CT molecular complexity index is 561. The molecular weight excluding hydrogens is 345 g/mol. The van der Waals surface area contributed by atoms with Crippen molar-refractivity contribution in [3.8, 4) is 0 Å². The van der Waals surface area contributed by atoms with Gasteiger partial charge in [-0.1, -0.05) is 30.3 Å². The molecule has 1 N–H and O–H groups in total. The predicted molar refractivity (Wildman–Crippen MR) is 99.5 cm³/mol. The van der Waals surface area contributed by atoms with Gasteiger partial charge in [0.1, 0.15) is 0 Å². The summed E-state index contributed by atoms with van der Waals surface area (Å²) in [6.07, 6.45) is 0. The maximum absolute atomic E-state index is 13.7. The normalized spacial score (nSPS) is 14.4. The van der Waals surface area contributed by atoms with Crippen LogP contribution in [0.1, 0.15) is 18.3 Å². The Morgan fingerprint density at radius 1 is 1.00 bits per heavy atom. The highest BCUT2D eigenvalue weighted by atomic mass is 31.2. The summed E-state index contributed by atoms with van der Waals surface area (Å²) in [6, 6.07) is 9.22. The van der Waals surface area contributed by atoms with Gasteiger partial charge in [-0.15, -0.1) is 0 Å². The average molecular weight is 374 g/mol. The van der Waals surface area contributed by atoms with E-state index in [1.807, 2.05) is 69.6 Å². The van der Waals surface area contributed by atoms with E-state index in [9.17, 15) is 9.36 Å². The molecule has 0 heterocycles. The van der Waals surface area contributed by atoms with Gasteiger partial charge in [-0.05, 0) is 44.8 Å². The fourth-order valence-electron chi connectivity index (χ4n) is 2.06. The van der Waals surface area contributed by atoms with Crippen molar-refractivity contribution >= 4 is 30.1 Å². The van der Waals surface area contributed by atoms with Gasteiger partial charge < -0.3 is 13.7 Å². The Balaban J connectivity index is 3.37. The molecule has 0 aliphatic rings. The topological polar surface area (TPSA) is 64.6 Å². The van der Waals surface area contributed by atoms with Crippen LogP contribution in [-0.4, -0.2) is 22.5 Å². The summed E-state index contributed by atoms with van der Waals surface area (Å²) in [5.41, 5.74) is 0.725. The first-order valence-electron chi connectivity index (χ1n) is 7.66. The second-order valence-corrected chi connectivity index (χ2v) is 19.0. The SMILES string of the molecule is CC(=O)NC(c1ccccc1)P(=O)(O[Si](C)(C)C)O[Si](C)(C)C. The van der Waals surface area contributed by atoms with Crippen LogP contribution in [0.15, 0.2) is 30.3 Å². The van der Waals surface area contributed by atoms with Crippen molar-refractivity contribution in [2.24, 2.45) is 0 Å². The predicted octanol–water partition coefficient (Wildman–Crippen LogP) is 4.72. The van der Waals surface area contributed by atoms with Gasteiger partial charge in [-0.2, -0.15) is 0 Å². The van der Waals surface area contributed by atoms with E-state index in [0.717, 1.165) is 5.56 Å². The standard InChI is InChI=1S/C15H28NO4PSi2/c1-13(17)16-15(14-11-9-8-10-12-14)21(18,19-22(2,3)4)20-23(5,6)7/h8-12,15H,1-7H3,(H,16,17). The van der Waals surface area contributed by atoms with Crippen LogP contribution in [0.4, 0.5) is 0 Å². The monoisotopic (exact) mass is 373 g/mol. The number of nitrogens with one attached hydrogen (secondary N) is 1. The molecule has 8 heteroatoms. The summed E-state index contributed by atoms with van der Waals surface area (Å²) in [6.45, 7) is 13.2. The molecule has 130 valence electrons. The molecule has 1 aromatic carbocycles. The van der Waals surface area contributed by atoms with Crippen molar-refractivity contribution in [3.05, 3.63) is 35.9 Å². The highest BCUT2D eigenvalue weighted by molar-refractivity contribution is 7.57. The van der Waals surface area contributed by atoms with Crippen LogP contribution >= 0.6 is 7.60 Å². The Labute approximate surface area is 141 Å². The van der Waals surface area contributed by atoms with Gasteiger partial charge >= 0.3 is 7.60 Å². The number of amides is 1. The van der Waals surface area contributed by atoms with Crippen LogP contribution in [-0.2, 0) is 17.8 Å². The van der Waals surface area contributed by atoms with Crippen LogP contribution in [0.3, 0.4) is 0 Å². The fraction of sp³-hybridized carbons (Fsp3) is 0.533. The third-order valence-corrected chi connectivity index (χ3v) is 10.1. The molecule has 0 saturated heterocycles. The summed E-state index contributed by atoms with van der Waals surface area (Å²) >= 11 is 0. The molecule has 1 atom stereocenters. The Morgan fingerprint density at radius 3 is 1.78 bits per heavy atom. The summed E-state index contributed by atoms with van der Waals surface area (Å²) in [5.74, 6) is -1.06. The third-order valence-electron chi connectivity index (χ3n) is 2.57. The lowest BCUT2D eigenvalue weighted by atomic mass is 10.2. The molecule has 1 unspecified atom stereocenters. The third kappa shape index (κ3) is 7.14. The molecule has 0 radical (unpaired) electrons. The maximum Gasteiger partial charge on any atom is 0.338 e. The summed E-state index contributed by atoms with van der Waals surface area (Å²) in [5, 5.41) is 2.77. The molecule has 1 amide bonds. The zero-order chi connectivity index (χ0) is 17.9. The zero-order valence-corrected chi connectivity index (χ0v) is 17.9. The minimum atomic E-state index is -3.56. The van der Waals surface area contributed by atoms with Gasteiger partial charge in [0.05, 0.1) is 0 Å². The molecule has 1 rings (SSSR count). The van der Waals surface area contributed by atoms with Crippen LogP contribution in [0.2, 0.25) is 39.3 Å². The molecule has 0 bridgehead atoms. The second-order valence-electron chi connectivity index (χ2n) is 7.46. The van der Waals surface area contributed by atoms with Gasteiger partial charge in [0.2, 0.25) is 5.91 Å². The van der Waals surface area contributed by atoms with Gasteiger partial charge in [0, 0.05) is 6.92 Å². The number of benzene rings is 1. The average Bonchev–Trinajstić information content (AvgIpc) is 2.32. The van der Waals surface area contributed by atoms with E-state index >= 15 is 0 Å². The van der Waals surface area contributed by atoms with Crippen molar-refractivity contribution < 1.29 is 17.8 Å². The van der Waals surface area contributed by atoms with Crippen molar-refractivity contribution in [3.63, 3.8) is 0 Å². The number of rotatable bonds is 7. The van der Waals surface area contributed by atoms with Crippen LogP contribution in [0, 0.1) is 0 Å². The fourth-order valence-corrected chi connectivity index (χ4v) is 10.4. The molecule has 5 nitrogen and oxygen atoms in total. The summed E-state index contributed by atoms with van der Waals surface area (Å²) in [4.78, 5) is 11.7. The van der Waals surface area contributed by atoms with Crippen LogP contribution in [0.25, 0.3) is 0 Å². The van der Waals surface area contributed by atoms with Gasteiger partial charge in [-0.25, -0.2) is 0 Å². The number of hydrogen-bond donors (Lipinski definition) is 1. The summed E-state index contributed by atoms with van der Waals surface area (Å²) in [7, 11) is -7.87. The molecule has 0 aliphatic carbocycles. The van der Waals surface area contributed by atoms with Gasteiger partial charge in [0.25, 0.3) is 0 Å². The van der Waals surface area contributed by atoms with Crippen molar-refractivity contribution in [2.75, 3.05) is 0 Å². The number of carbonyl (C=O) groups excluding carboxylic acids is 1. The first-order chi connectivity index (χ1) is 10.3. The van der Waals surface area contributed by atoms with E-state index in [1.165, 1.54) is 6.92 Å². The highest BCUT2D eigenvalue weighted by Crippen LogP contribution is 2.62. The molecule has 0 saturated carbocycles. The Hall–Kier alpha value is -0.726. The lowest BCUT2D eigenvalue weighted by Gasteiger charge is -2.36. The molecule has 0 fully saturated rings. The highest BCUT2D eigenvalue weighted by Gasteiger charge is 2.44. The van der Waals surface area contributed by atoms with Crippen molar-refractivity contribution in [1.82, 2.24) is 5.32 Å². The van der Waals surface area contributed by atoms with E-state index in [-0.39, 0.29) is 5.91 Å². The van der Waals surface area contributed by atoms with E-state index in [0.29, 0.717) is 0 Å². The maximum atomic E-state index is 13.7. The largest absolute Gasteiger partial charge is 0.350 e. The molecule has 0 spiro atoms. The number of hydrogen-bond acceptors (Lipinski definition) is 4. The Kier molecular flexibility index (Phi) is 6.58. The van der Waals surface area contributed by atoms with E-state index in [2.05, 4.69) is 5.32 Å². The van der Waals surface area contributed by atoms with Gasteiger partial charge in [0.15, 0.2) is 22.4 Å². The molecule has 1 aromatic rings. The second kappa shape index (κ2) is 7.44. The molecule has 0 aliphatic heterocycles. The number of carbonyl (C=O) groups is 1. The molecule has 0 aromatic heterocycles. The lowest BCUT2D eigenvalue weighted by Crippen LogP contribution is -2.36. The molecule has 23 heavy (non-hydrogen) atoms. The first kappa shape index (κ1) is 20.3. The lowest BCUT2D eigenvalue weighted by molar-refractivity contribution is -0.119. The van der Waals surface area contributed by atoms with E-state index in [4.69, 9.17) is 8.43 Å².